The van der Waals surface area contributed by atoms with E-state index in [1.807, 2.05) is 0 Å². The standard InChI is InChI=1S/C19H22Cl2N2O4S/c1-14(13-27-2)22-19(24)12-23(11-15-4-3-5-17(21)10-15)28(25,26)18-8-6-16(20)7-9-18/h3-10,14H,11-13H2,1-2H3,(H,22,24)/t14-/m1/s1. The molecule has 0 aromatic heterocycles. The van der Waals surface area contributed by atoms with Crippen LogP contribution >= 0.6 is 23.2 Å². The molecule has 0 saturated carbocycles. The summed E-state index contributed by atoms with van der Waals surface area (Å²) in [4.78, 5) is 12.5. The average molecular weight is 445 g/mol. The highest BCUT2D eigenvalue weighted by atomic mass is 35.5. The van der Waals surface area contributed by atoms with Crippen LogP contribution in [-0.4, -0.2) is 44.9 Å². The first-order valence-corrected chi connectivity index (χ1v) is 10.7. The van der Waals surface area contributed by atoms with Crippen LogP contribution in [0.5, 0.6) is 0 Å². The summed E-state index contributed by atoms with van der Waals surface area (Å²) in [7, 11) is -2.41. The molecule has 0 radical (unpaired) electrons. The molecule has 152 valence electrons. The zero-order valence-corrected chi connectivity index (χ0v) is 17.9. The fourth-order valence-corrected chi connectivity index (χ4v) is 4.32. The van der Waals surface area contributed by atoms with Gasteiger partial charge in [0.1, 0.15) is 0 Å². The highest BCUT2D eigenvalue weighted by molar-refractivity contribution is 7.89. The van der Waals surface area contributed by atoms with Crippen LogP contribution in [0.2, 0.25) is 10.0 Å². The molecule has 0 unspecified atom stereocenters. The van der Waals surface area contributed by atoms with Crippen molar-refractivity contribution in [1.29, 1.82) is 0 Å². The second kappa shape index (κ2) is 10.2. The van der Waals surface area contributed by atoms with E-state index in [-0.39, 0.29) is 24.0 Å². The first kappa shape index (κ1) is 22.6. The zero-order valence-electron chi connectivity index (χ0n) is 15.6. The van der Waals surface area contributed by atoms with Crippen LogP contribution in [0, 0.1) is 0 Å². The number of hydrogen-bond acceptors (Lipinski definition) is 4. The summed E-state index contributed by atoms with van der Waals surface area (Å²) >= 11 is 11.9. The maximum Gasteiger partial charge on any atom is 0.243 e. The van der Waals surface area contributed by atoms with Gasteiger partial charge in [0, 0.05) is 29.7 Å². The molecule has 0 heterocycles. The summed E-state index contributed by atoms with van der Waals surface area (Å²) in [6.07, 6.45) is 0. The van der Waals surface area contributed by atoms with Crippen molar-refractivity contribution in [3.63, 3.8) is 0 Å². The number of nitrogens with zero attached hydrogens (tertiary/aromatic N) is 1. The molecule has 0 aliphatic heterocycles. The van der Waals surface area contributed by atoms with Gasteiger partial charge in [0.15, 0.2) is 0 Å². The minimum absolute atomic E-state index is 0.00238. The fraction of sp³-hybridized carbons (Fsp3) is 0.316. The van der Waals surface area contributed by atoms with Crippen LogP contribution in [0.3, 0.4) is 0 Å². The lowest BCUT2D eigenvalue weighted by Gasteiger charge is -2.23. The quantitative estimate of drug-likeness (QED) is 0.643. The van der Waals surface area contributed by atoms with E-state index in [0.29, 0.717) is 22.2 Å². The van der Waals surface area contributed by atoms with Gasteiger partial charge in [0.25, 0.3) is 0 Å². The summed E-state index contributed by atoms with van der Waals surface area (Å²) in [6.45, 7) is 1.75. The Bertz CT molecular complexity index is 904. The van der Waals surface area contributed by atoms with Gasteiger partial charge in [-0.1, -0.05) is 35.3 Å². The number of carbonyl (C=O) groups is 1. The third-order valence-corrected chi connectivity index (χ3v) is 6.14. The van der Waals surface area contributed by atoms with Crippen molar-refractivity contribution in [2.45, 2.75) is 24.4 Å². The number of hydrogen-bond donors (Lipinski definition) is 1. The van der Waals surface area contributed by atoms with Crippen molar-refractivity contribution in [3.8, 4) is 0 Å². The monoisotopic (exact) mass is 444 g/mol. The van der Waals surface area contributed by atoms with Gasteiger partial charge >= 0.3 is 0 Å². The van der Waals surface area contributed by atoms with Crippen molar-refractivity contribution in [3.05, 3.63) is 64.1 Å². The SMILES string of the molecule is COC[C@@H](C)NC(=O)CN(Cc1cccc(Cl)c1)S(=O)(=O)c1ccc(Cl)cc1. The van der Waals surface area contributed by atoms with Gasteiger partial charge in [-0.15, -0.1) is 0 Å². The minimum Gasteiger partial charge on any atom is -0.383 e. The second-order valence-corrected chi connectivity index (χ2v) is 9.09. The number of nitrogens with one attached hydrogen (secondary N) is 1. The lowest BCUT2D eigenvalue weighted by molar-refractivity contribution is -0.122. The van der Waals surface area contributed by atoms with Gasteiger partial charge in [-0.25, -0.2) is 8.42 Å². The van der Waals surface area contributed by atoms with Crippen molar-refractivity contribution in [1.82, 2.24) is 9.62 Å². The van der Waals surface area contributed by atoms with Crippen LogP contribution in [0.25, 0.3) is 0 Å². The molecule has 9 heteroatoms. The highest BCUT2D eigenvalue weighted by Crippen LogP contribution is 2.21. The Morgan fingerprint density at radius 3 is 2.43 bits per heavy atom. The van der Waals surface area contributed by atoms with Crippen LogP contribution in [-0.2, 0) is 26.1 Å². The van der Waals surface area contributed by atoms with Gasteiger partial charge in [-0.3, -0.25) is 4.79 Å². The maximum absolute atomic E-state index is 13.1. The van der Waals surface area contributed by atoms with Crippen LogP contribution < -0.4 is 5.32 Å². The van der Waals surface area contributed by atoms with E-state index in [1.165, 1.54) is 31.4 Å². The predicted octanol–water partition coefficient (Wildman–Crippen LogP) is 3.34. The molecule has 1 atom stereocenters. The van der Waals surface area contributed by atoms with E-state index < -0.39 is 15.9 Å². The normalized spacial score (nSPS) is 12.8. The van der Waals surface area contributed by atoms with Crippen molar-refractivity contribution < 1.29 is 17.9 Å². The molecule has 0 aliphatic carbocycles. The van der Waals surface area contributed by atoms with Crippen LogP contribution in [0.4, 0.5) is 0 Å². The lowest BCUT2D eigenvalue weighted by atomic mass is 10.2. The zero-order chi connectivity index (χ0) is 20.7. The number of carbonyl (C=O) groups excluding carboxylic acids is 1. The molecule has 0 aliphatic rings. The number of ether oxygens (including phenoxy) is 1. The van der Waals surface area contributed by atoms with E-state index in [2.05, 4.69) is 5.32 Å². The summed E-state index contributed by atoms with van der Waals surface area (Å²) < 4.78 is 32.4. The number of amides is 1. The Kier molecular flexibility index (Phi) is 8.27. The lowest BCUT2D eigenvalue weighted by Crippen LogP contribution is -2.44. The second-order valence-electron chi connectivity index (χ2n) is 6.28. The van der Waals surface area contributed by atoms with Crippen LogP contribution in [0.1, 0.15) is 12.5 Å². The van der Waals surface area contributed by atoms with Gasteiger partial charge in [-0.05, 0) is 48.9 Å². The Morgan fingerprint density at radius 2 is 1.82 bits per heavy atom. The van der Waals surface area contributed by atoms with E-state index in [4.69, 9.17) is 27.9 Å². The van der Waals surface area contributed by atoms with E-state index in [0.717, 1.165) is 4.31 Å². The number of sulfonamides is 1. The summed E-state index contributed by atoms with van der Waals surface area (Å²) in [5.41, 5.74) is 0.669. The fourth-order valence-electron chi connectivity index (χ4n) is 2.59. The molecule has 2 rings (SSSR count). The summed E-state index contributed by atoms with van der Waals surface area (Å²) in [6, 6.07) is 12.4. The van der Waals surface area contributed by atoms with Crippen molar-refractivity contribution in [2.75, 3.05) is 20.3 Å². The molecular weight excluding hydrogens is 423 g/mol. The average Bonchev–Trinajstić information content (AvgIpc) is 2.61. The Balaban J connectivity index is 2.29. The predicted molar refractivity (Wildman–Crippen MR) is 110 cm³/mol. The summed E-state index contributed by atoms with van der Waals surface area (Å²) in [5.74, 6) is -0.427. The van der Waals surface area contributed by atoms with E-state index in [9.17, 15) is 13.2 Å². The minimum atomic E-state index is -3.93. The Morgan fingerprint density at radius 1 is 1.14 bits per heavy atom. The smallest absolute Gasteiger partial charge is 0.243 e. The summed E-state index contributed by atoms with van der Waals surface area (Å²) in [5, 5.41) is 3.63. The number of methoxy groups -OCH3 is 1. The van der Waals surface area contributed by atoms with Gasteiger partial charge in [-0.2, -0.15) is 4.31 Å². The maximum atomic E-state index is 13.1. The van der Waals surface area contributed by atoms with Crippen molar-refractivity contribution >= 4 is 39.1 Å². The Hall–Kier alpha value is -1.64. The van der Waals surface area contributed by atoms with Gasteiger partial charge in [0.2, 0.25) is 15.9 Å². The third-order valence-electron chi connectivity index (χ3n) is 3.84. The topological polar surface area (TPSA) is 75.7 Å². The molecule has 1 N–H and O–H groups in total. The molecule has 0 saturated heterocycles. The Labute approximate surface area is 175 Å². The largest absolute Gasteiger partial charge is 0.383 e. The van der Waals surface area contributed by atoms with E-state index >= 15 is 0 Å². The highest BCUT2D eigenvalue weighted by Gasteiger charge is 2.27. The molecule has 2 aromatic rings. The van der Waals surface area contributed by atoms with E-state index in [1.54, 1.807) is 31.2 Å². The van der Waals surface area contributed by atoms with Crippen molar-refractivity contribution in [2.24, 2.45) is 0 Å². The molecular formula is C19H22Cl2N2O4S. The molecule has 6 nitrogen and oxygen atoms in total. The third kappa shape index (κ3) is 6.46. The molecule has 0 fully saturated rings. The first-order chi connectivity index (χ1) is 13.2. The first-order valence-electron chi connectivity index (χ1n) is 8.51. The van der Waals surface area contributed by atoms with Gasteiger partial charge < -0.3 is 10.1 Å². The molecule has 28 heavy (non-hydrogen) atoms. The molecule has 0 bridgehead atoms. The van der Waals surface area contributed by atoms with Crippen LogP contribution in [0.15, 0.2) is 53.4 Å². The molecule has 2 aromatic carbocycles. The number of rotatable bonds is 9. The molecule has 1 amide bonds. The van der Waals surface area contributed by atoms with Gasteiger partial charge in [0.05, 0.1) is 18.0 Å². The number of halogens is 2. The number of benzene rings is 2. The molecule has 0 spiro atoms.